The van der Waals surface area contributed by atoms with Crippen molar-refractivity contribution < 1.29 is 9.90 Å². The Morgan fingerprint density at radius 1 is 1.27 bits per heavy atom. The van der Waals surface area contributed by atoms with Gasteiger partial charge in [0, 0.05) is 5.41 Å². The van der Waals surface area contributed by atoms with Crippen molar-refractivity contribution in [1.82, 2.24) is 0 Å². The van der Waals surface area contributed by atoms with Crippen molar-refractivity contribution in [3.05, 3.63) is 0 Å². The molecule has 1 aliphatic carbocycles. The Labute approximate surface area is 67.6 Å². The van der Waals surface area contributed by atoms with Gasteiger partial charge in [0.2, 0.25) is 0 Å². The van der Waals surface area contributed by atoms with Crippen molar-refractivity contribution in [1.29, 1.82) is 0 Å². The molecule has 0 saturated heterocycles. The third-order valence-electron chi connectivity index (χ3n) is 2.57. The lowest BCUT2D eigenvalue weighted by Gasteiger charge is -2.37. The minimum absolute atomic E-state index is 0.00347. The van der Waals surface area contributed by atoms with E-state index >= 15 is 0 Å². The van der Waals surface area contributed by atoms with E-state index in [1.54, 1.807) is 6.92 Å². The van der Waals surface area contributed by atoms with E-state index < -0.39 is 5.60 Å². The fourth-order valence-electron chi connectivity index (χ4n) is 1.83. The van der Waals surface area contributed by atoms with Gasteiger partial charge < -0.3 is 5.11 Å². The van der Waals surface area contributed by atoms with Gasteiger partial charge in [-0.05, 0) is 26.2 Å². The van der Waals surface area contributed by atoms with Crippen molar-refractivity contribution in [3.63, 3.8) is 0 Å². The van der Waals surface area contributed by atoms with E-state index in [4.69, 9.17) is 0 Å². The predicted octanol–water partition coefficient (Wildman–Crippen LogP) is 1.52. The van der Waals surface area contributed by atoms with E-state index in [2.05, 4.69) is 0 Å². The van der Waals surface area contributed by atoms with E-state index in [-0.39, 0.29) is 11.2 Å². The van der Waals surface area contributed by atoms with Crippen LogP contribution in [0.2, 0.25) is 0 Å². The molecule has 64 valence electrons. The lowest BCUT2D eigenvalue weighted by Crippen LogP contribution is -2.47. The van der Waals surface area contributed by atoms with E-state index in [0.717, 1.165) is 12.8 Å². The molecule has 1 saturated carbocycles. The fourth-order valence-corrected chi connectivity index (χ4v) is 1.83. The Hall–Kier alpha value is -0.370. The molecule has 1 rings (SSSR count). The second-order valence-corrected chi connectivity index (χ2v) is 4.34. The largest absolute Gasteiger partial charge is 0.382 e. The molecule has 0 aromatic heterocycles. The lowest BCUT2D eigenvalue weighted by molar-refractivity contribution is -0.150. The molecule has 0 bridgehead atoms. The number of ketones is 1. The Bertz CT molecular complexity index is 162. The van der Waals surface area contributed by atoms with E-state index in [9.17, 15) is 9.90 Å². The molecule has 2 heteroatoms. The summed E-state index contributed by atoms with van der Waals surface area (Å²) in [5.41, 5.74) is -1.39. The van der Waals surface area contributed by atoms with Crippen molar-refractivity contribution in [2.75, 3.05) is 0 Å². The van der Waals surface area contributed by atoms with Gasteiger partial charge in [0.25, 0.3) is 0 Å². The smallest absolute Gasteiger partial charge is 0.169 e. The Morgan fingerprint density at radius 2 is 1.82 bits per heavy atom. The van der Waals surface area contributed by atoms with Crippen LogP contribution in [0, 0.1) is 5.41 Å². The Balaban J connectivity index is 2.85. The number of carbonyl (C=O) groups excluding carboxylic acids is 1. The van der Waals surface area contributed by atoms with Gasteiger partial charge in [0.1, 0.15) is 5.60 Å². The predicted molar refractivity (Wildman–Crippen MR) is 43.3 cm³/mol. The molecular formula is C9H16O2. The van der Waals surface area contributed by atoms with Gasteiger partial charge in [-0.2, -0.15) is 0 Å². The van der Waals surface area contributed by atoms with Crippen molar-refractivity contribution >= 4 is 5.78 Å². The highest BCUT2D eigenvalue weighted by molar-refractivity contribution is 5.92. The molecule has 2 nitrogen and oxygen atoms in total. The molecule has 0 unspecified atom stereocenters. The van der Waals surface area contributed by atoms with Crippen LogP contribution in [-0.2, 0) is 4.79 Å². The average Bonchev–Trinajstić information content (AvgIpc) is 1.82. The summed E-state index contributed by atoms with van der Waals surface area (Å²) >= 11 is 0. The summed E-state index contributed by atoms with van der Waals surface area (Å²) in [5.74, 6) is -0.00347. The zero-order valence-electron chi connectivity index (χ0n) is 7.48. The molecule has 0 aromatic rings. The van der Waals surface area contributed by atoms with Crippen LogP contribution in [0.3, 0.4) is 0 Å². The van der Waals surface area contributed by atoms with Crippen LogP contribution in [0.4, 0.5) is 0 Å². The van der Waals surface area contributed by atoms with Crippen LogP contribution in [0.25, 0.3) is 0 Å². The van der Waals surface area contributed by atoms with Gasteiger partial charge in [-0.25, -0.2) is 0 Å². The molecule has 1 aliphatic rings. The molecule has 0 radical (unpaired) electrons. The minimum atomic E-state index is -1.07. The maximum Gasteiger partial charge on any atom is 0.169 e. The molecule has 1 N–H and O–H groups in total. The van der Waals surface area contributed by atoms with E-state index in [1.807, 2.05) is 13.8 Å². The number of Topliss-reactive ketones (excluding diaryl/α,β-unsaturated/α-hetero) is 1. The van der Waals surface area contributed by atoms with Crippen LogP contribution < -0.4 is 0 Å². The van der Waals surface area contributed by atoms with E-state index in [0.29, 0.717) is 6.42 Å². The molecule has 0 spiro atoms. The SMILES string of the molecule is CC1(C)CCC[C@@](C)(O)C1=O. The average molecular weight is 156 g/mol. The summed E-state index contributed by atoms with van der Waals surface area (Å²) in [6, 6.07) is 0. The molecule has 1 atom stereocenters. The number of aliphatic hydroxyl groups is 1. The molecule has 0 amide bonds. The van der Waals surface area contributed by atoms with Crippen LogP contribution in [0.1, 0.15) is 40.0 Å². The highest BCUT2D eigenvalue weighted by Gasteiger charge is 2.43. The van der Waals surface area contributed by atoms with Gasteiger partial charge in [-0.15, -0.1) is 0 Å². The quantitative estimate of drug-likeness (QED) is 0.577. The highest BCUT2D eigenvalue weighted by atomic mass is 16.3. The van der Waals surface area contributed by atoms with Crippen LogP contribution in [0.15, 0.2) is 0 Å². The molecule has 0 heterocycles. The maximum atomic E-state index is 11.5. The Morgan fingerprint density at radius 3 is 2.18 bits per heavy atom. The monoisotopic (exact) mass is 156 g/mol. The molecular weight excluding hydrogens is 140 g/mol. The van der Waals surface area contributed by atoms with Gasteiger partial charge in [-0.3, -0.25) is 4.79 Å². The first kappa shape index (κ1) is 8.72. The first-order valence-electron chi connectivity index (χ1n) is 4.13. The Kier molecular flexibility index (Phi) is 1.83. The normalized spacial score (nSPS) is 37.3. The number of rotatable bonds is 0. The molecule has 0 aromatic carbocycles. The van der Waals surface area contributed by atoms with Gasteiger partial charge in [0.15, 0.2) is 5.78 Å². The first-order chi connectivity index (χ1) is 4.86. The van der Waals surface area contributed by atoms with Gasteiger partial charge in [-0.1, -0.05) is 13.8 Å². The minimum Gasteiger partial charge on any atom is -0.382 e. The summed E-state index contributed by atoms with van der Waals surface area (Å²) < 4.78 is 0. The summed E-state index contributed by atoms with van der Waals surface area (Å²) in [6.07, 6.45) is 2.48. The van der Waals surface area contributed by atoms with Crippen LogP contribution in [-0.4, -0.2) is 16.5 Å². The standard InChI is InChI=1S/C9H16O2/c1-8(2)5-4-6-9(3,11)7(8)10/h11H,4-6H2,1-3H3/t9-/m1/s1. The van der Waals surface area contributed by atoms with Gasteiger partial charge in [0.05, 0.1) is 0 Å². The fraction of sp³-hybridized carbons (Fsp3) is 0.889. The molecule has 0 aliphatic heterocycles. The van der Waals surface area contributed by atoms with Crippen molar-refractivity contribution in [2.45, 2.75) is 45.6 Å². The highest BCUT2D eigenvalue weighted by Crippen LogP contribution is 2.37. The maximum absolute atomic E-state index is 11.5. The zero-order chi connectivity index (χ0) is 8.70. The summed E-state index contributed by atoms with van der Waals surface area (Å²) in [6.45, 7) is 5.43. The summed E-state index contributed by atoms with van der Waals surface area (Å²) in [4.78, 5) is 11.5. The zero-order valence-corrected chi connectivity index (χ0v) is 7.48. The molecule has 1 fully saturated rings. The van der Waals surface area contributed by atoms with Crippen molar-refractivity contribution in [3.8, 4) is 0 Å². The van der Waals surface area contributed by atoms with Gasteiger partial charge >= 0.3 is 0 Å². The molecule has 11 heavy (non-hydrogen) atoms. The first-order valence-corrected chi connectivity index (χ1v) is 4.13. The number of carbonyl (C=O) groups is 1. The number of hydrogen-bond acceptors (Lipinski definition) is 2. The third-order valence-corrected chi connectivity index (χ3v) is 2.57. The lowest BCUT2D eigenvalue weighted by atomic mass is 9.69. The topological polar surface area (TPSA) is 37.3 Å². The van der Waals surface area contributed by atoms with Crippen molar-refractivity contribution in [2.24, 2.45) is 5.41 Å². The van der Waals surface area contributed by atoms with Crippen LogP contribution >= 0.6 is 0 Å². The summed E-state index contributed by atoms with van der Waals surface area (Å²) in [7, 11) is 0. The third kappa shape index (κ3) is 1.45. The van der Waals surface area contributed by atoms with E-state index in [1.165, 1.54) is 0 Å². The number of hydrogen-bond donors (Lipinski definition) is 1. The second-order valence-electron chi connectivity index (χ2n) is 4.34. The second kappa shape index (κ2) is 2.31. The van der Waals surface area contributed by atoms with Crippen LogP contribution in [0.5, 0.6) is 0 Å². The summed E-state index contributed by atoms with van der Waals surface area (Å²) in [5, 5.41) is 9.63.